The Morgan fingerprint density at radius 1 is 1.23 bits per heavy atom. The lowest BCUT2D eigenvalue weighted by Crippen LogP contribution is -2.21. The van der Waals surface area contributed by atoms with Crippen molar-refractivity contribution in [3.8, 4) is 16.5 Å². The molecule has 0 bridgehead atoms. The number of para-hydroxylation sites is 2. The fraction of sp³-hybridized carbons (Fsp3) is 0.100. The van der Waals surface area contributed by atoms with Crippen LogP contribution < -0.4 is 5.56 Å². The second-order valence-corrected chi connectivity index (χ2v) is 7.63. The molecular weight excluding hydrogens is 420 g/mol. The van der Waals surface area contributed by atoms with Gasteiger partial charge in [-0.2, -0.15) is 5.10 Å². The molecule has 0 N–H and O–H groups in total. The van der Waals surface area contributed by atoms with E-state index in [0.29, 0.717) is 11.5 Å². The largest absolute Gasteiger partial charge is 0.459 e. The number of nitro benzene ring substituents is 1. The van der Waals surface area contributed by atoms with Gasteiger partial charge in [-0.3, -0.25) is 19.5 Å². The summed E-state index contributed by atoms with van der Waals surface area (Å²) in [5, 5.41) is 18.4. The molecule has 0 amide bonds. The van der Waals surface area contributed by atoms with Gasteiger partial charge in [-0.1, -0.05) is 12.1 Å². The van der Waals surface area contributed by atoms with Crippen molar-refractivity contribution in [2.75, 3.05) is 0 Å². The van der Waals surface area contributed by atoms with Crippen LogP contribution in [0.4, 0.5) is 5.69 Å². The third kappa shape index (κ3) is 3.30. The second kappa shape index (κ2) is 7.29. The topological polar surface area (TPSA) is 122 Å². The molecule has 5 aromatic rings. The predicted octanol–water partition coefficient (Wildman–Crippen LogP) is 3.56. The third-order valence-electron chi connectivity index (χ3n) is 4.70. The molecule has 10 nitrogen and oxygen atoms in total. The zero-order chi connectivity index (χ0) is 21.5. The number of rotatable bonds is 5. The smallest absolute Gasteiger partial charge is 0.294 e. The highest BCUT2D eigenvalue weighted by molar-refractivity contribution is 7.13. The van der Waals surface area contributed by atoms with Crippen LogP contribution in [0.15, 0.2) is 63.5 Å². The molecule has 0 fully saturated rings. The molecule has 5 rings (SSSR count). The molecule has 0 spiro atoms. The van der Waals surface area contributed by atoms with Crippen LogP contribution in [-0.2, 0) is 6.54 Å². The lowest BCUT2D eigenvalue weighted by molar-refractivity contribution is -0.384. The van der Waals surface area contributed by atoms with Crippen LogP contribution in [0.2, 0.25) is 0 Å². The van der Waals surface area contributed by atoms with Crippen LogP contribution in [0, 0.1) is 17.0 Å². The maximum absolute atomic E-state index is 13.0. The van der Waals surface area contributed by atoms with Gasteiger partial charge in [0.25, 0.3) is 11.2 Å². The highest BCUT2D eigenvalue weighted by Gasteiger charge is 2.19. The maximum atomic E-state index is 13.0. The molecule has 0 saturated heterocycles. The molecule has 4 aromatic heterocycles. The quantitative estimate of drug-likeness (QED) is 0.306. The SMILES string of the molecule is Cc1ccc(-c2nc(Cn3cnc4c(cnn4-c4ccccc4[N+](=O)[O-])c3=O)cs2)o1. The average molecular weight is 434 g/mol. The summed E-state index contributed by atoms with van der Waals surface area (Å²) < 4.78 is 8.33. The maximum Gasteiger partial charge on any atom is 0.294 e. The summed E-state index contributed by atoms with van der Waals surface area (Å²) in [6, 6.07) is 9.90. The van der Waals surface area contributed by atoms with Crippen molar-refractivity contribution in [3.63, 3.8) is 0 Å². The summed E-state index contributed by atoms with van der Waals surface area (Å²) in [6.07, 6.45) is 2.77. The molecule has 4 heterocycles. The van der Waals surface area contributed by atoms with Gasteiger partial charge in [-0.15, -0.1) is 11.3 Å². The lowest BCUT2D eigenvalue weighted by atomic mass is 10.2. The summed E-state index contributed by atoms with van der Waals surface area (Å²) in [7, 11) is 0. The van der Waals surface area contributed by atoms with Gasteiger partial charge in [-0.05, 0) is 25.1 Å². The fourth-order valence-corrected chi connectivity index (χ4v) is 4.02. The highest BCUT2D eigenvalue weighted by Crippen LogP contribution is 2.26. The van der Waals surface area contributed by atoms with E-state index in [1.807, 2.05) is 24.4 Å². The molecule has 154 valence electrons. The first kappa shape index (κ1) is 18.9. The van der Waals surface area contributed by atoms with E-state index < -0.39 is 4.92 Å². The normalized spacial score (nSPS) is 11.3. The van der Waals surface area contributed by atoms with E-state index in [1.165, 1.54) is 39.2 Å². The van der Waals surface area contributed by atoms with Crippen molar-refractivity contribution in [3.05, 3.63) is 86.2 Å². The van der Waals surface area contributed by atoms with Crippen LogP contribution in [0.5, 0.6) is 0 Å². The molecule has 0 aliphatic heterocycles. The number of aryl methyl sites for hydroxylation is 1. The van der Waals surface area contributed by atoms with Crippen molar-refractivity contribution in [2.45, 2.75) is 13.5 Å². The van der Waals surface area contributed by atoms with E-state index in [4.69, 9.17) is 4.42 Å². The van der Waals surface area contributed by atoms with Crippen molar-refractivity contribution < 1.29 is 9.34 Å². The van der Waals surface area contributed by atoms with Crippen molar-refractivity contribution in [1.29, 1.82) is 0 Å². The van der Waals surface area contributed by atoms with Gasteiger partial charge >= 0.3 is 0 Å². The molecular formula is C20H14N6O4S. The first-order chi connectivity index (χ1) is 15.0. The van der Waals surface area contributed by atoms with Crippen molar-refractivity contribution in [1.82, 2.24) is 24.3 Å². The number of furan rings is 1. The number of benzene rings is 1. The van der Waals surface area contributed by atoms with Gasteiger partial charge in [0.1, 0.15) is 23.2 Å². The lowest BCUT2D eigenvalue weighted by Gasteiger charge is -2.05. The van der Waals surface area contributed by atoms with E-state index in [0.717, 1.165) is 10.8 Å². The summed E-state index contributed by atoms with van der Waals surface area (Å²) in [6.45, 7) is 2.09. The third-order valence-corrected chi connectivity index (χ3v) is 5.60. The standard InChI is InChI=1S/C20H14N6O4S/c1-12-6-7-17(30-12)19-23-13(10-31-19)9-24-11-21-18-14(20(24)27)8-22-25(18)15-4-2-3-5-16(15)26(28)29/h2-8,10-11H,9H2,1H3. The fourth-order valence-electron chi connectivity index (χ4n) is 3.25. The van der Waals surface area contributed by atoms with Crippen molar-refractivity contribution >= 4 is 28.1 Å². The second-order valence-electron chi connectivity index (χ2n) is 6.77. The molecule has 0 saturated carbocycles. The Hall–Kier alpha value is -4.12. The molecule has 0 atom stereocenters. The summed E-state index contributed by atoms with van der Waals surface area (Å²) in [5.41, 5.74) is 0.758. The van der Waals surface area contributed by atoms with Crippen LogP contribution in [0.1, 0.15) is 11.5 Å². The number of hydrogen-bond acceptors (Lipinski definition) is 8. The number of aromatic nitrogens is 5. The van der Waals surface area contributed by atoms with Gasteiger partial charge in [0.05, 0.1) is 23.4 Å². The van der Waals surface area contributed by atoms with Crippen LogP contribution in [0.3, 0.4) is 0 Å². The van der Waals surface area contributed by atoms with E-state index >= 15 is 0 Å². The monoisotopic (exact) mass is 434 g/mol. The Kier molecular flexibility index (Phi) is 4.44. The first-order valence-corrected chi connectivity index (χ1v) is 10.1. The highest BCUT2D eigenvalue weighted by atomic mass is 32.1. The number of nitrogens with zero attached hydrogens (tertiary/aromatic N) is 6. The molecule has 0 unspecified atom stereocenters. The first-order valence-electron chi connectivity index (χ1n) is 9.19. The zero-order valence-electron chi connectivity index (χ0n) is 16.1. The molecule has 11 heteroatoms. The van der Waals surface area contributed by atoms with Crippen molar-refractivity contribution in [2.24, 2.45) is 0 Å². The number of hydrogen-bond donors (Lipinski definition) is 0. The van der Waals surface area contributed by atoms with Crippen LogP contribution in [-0.4, -0.2) is 29.2 Å². The number of thiazole rings is 1. The summed E-state index contributed by atoms with van der Waals surface area (Å²) in [4.78, 5) is 32.7. The van der Waals surface area contributed by atoms with Gasteiger partial charge < -0.3 is 4.42 Å². The molecule has 0 aliphatic rings. The van der Waals surface area contributed by atoms with E-state index in [-0.39, 0.29) is 34.5 Å². The minimum atomic E-state index is -0.496. The Balaban J connectivity index is 1.51. The minimum absolute atomic E-state index is 0.123. The van der Waals surface area contributed by atoms with Gasteiger partial charge in [0, 0.05) is 11.4 Å². The zero-order valence-corrected chi connectivity index (χ0v) is 16.9. The van der Waals surface area contributed by atoms with Crippen LogP contribution >= 0.6 is 11.3 Å². The Morgan fingerprint density at radius 3 is 2.84 bits per heavy atom. The number of fused-ring (bicyclic) bond motifs is 1. The van der Waals surface area contributed by atoms with E-state index in [1.54, 1.807) is 18.2 Å². The van der Waals surface area contributed by atoms with E-state index in [2.05, 4.69) is 15.1 Å². The minimum Gasteiger partial charge on any atom is -0.459 e. The predicted molar refractivity (Wildman–Crippen MR) is 113 cm³/mol. The molecule has 31 heavy (non-hydrogen) atoms. The molecule has 0 aliphatic carbocycles. The summed E-state index contributed by atoms with van der Waals surface area (Å²) >= 11 is 1.43. The van der Waals surface area contributed by atoms with Gasteiger partial charge in [-0.25, -0.2) is 14.6 Å². The van der Waals surface area contributed by atoms with Gasteiger partial charge in [0.15, 0.2) is 16.4 Å². The van der Waals surface area contributed by atoms with E-state index in [9.17, 15) is 14.9 Å². The average Bonchev–Trinajstić information content (AvgIpc) is 3.49. The Bertz CT molecular complexity index is 1490. The molecule has 1 aromatic carbocycles. The Morgan fingerprint density at radius 2 is 2.06 bits per heavy atom. The van der Waals surface area contributed by atoms with Gasteiger partial charge in [0.2, 0.25) is 0 Å². The van der Waals surface area contributed by atoms with Crippen LogP contribution in [0.25, 0.3) is 27.5 Å². The Labute approximate surface area is 178 Å². The summed E-state index contributed by atoms with van der Waals surface area (Å²) in [5.74, 6) is 1.48. The number of nitro groups is 1. The molecule has 0 radical (unpaired) electrons.